The van der Waals surface area contributed by atoms with Crippen LogP contribution in [0.2, 0.25) is 0 Å². The number of pyridine rings is 1. The fourth-order valence-electron chi connectivity index (χ4n) is 1.65. The molecule has 0 radical (unpaired) electrons. The second kappa shape index (κ2) is 6.90. The van der Waals surface area contributed by atoms with Crippen molar-refractivity contribution >= 4 is 29.3 Å². The first-order chi connectivity index (χ1) is 10.1. The van der Waals surface area contributed by atoms with Gasteiger partial charge in [0.15, 0.2) is 0 Å². The molecule has 0 bridgehead atoms. The Labute approximate surface area is 126 Å². The molecule has 1 amide bonds. The SMILES string of the molecule is CN(C(=O)CSc1ccncc1)c1ccc(C(=O)O)cc1. The van der Waals surface area contributed by atoms with Gasteiger partial charge < -0.3 is 10.0 Å². The van der Waals surface area contributed by atoms with Crippen LogP contribution in [0.15, 0.2) is 53.7 Å². The molecule has 0 aliphatic carbocycles. The Kier molecular flexibility index (Phi) is 4.94. The van der Waals surface area contributed by atoms with Gasteiger partial charge in [0, 0.05) is 30.0 Å². The number of aromatic carboxylic acids is 1. The second-order valence-corrected chi connectivity index (χ2v) is 5.33. The Morgan fingerprint density at radius 1 is 1.14 bits per heavy atom. The molecule has 6 heteroatoms. The number of nitrogens with zero attached hydrogens (tertiary/aromatic N) is 2. The molecule has 0 spiro atoms. The molecule has 0 fully saturated rings. The van der Waals surface area contributed by atoms with Crippen molar-refractivity contribution in [3.8, 4) is 0 Å². The standard InChI is InChI=1S/C15H14N2O3S/c1-17(12-4-2-11(3-5-12)15(19)20)14(18)10-21-13-6-8-16-9-7-13/h2-9H,10H2,1H3,(H,19,20). The average Bonchev–Trinajstić information content (AvgIpc) is 2.53. The summed E-state index contributed by atoms with van der Waals surface area (Å²) in [6.07, 6.45) is 3.36. The second-order valence-electron chi connectivity index (χ2n) is 4.28. The van der Waals surface area contributed by atoms with E-state index >= 15 is 0 Å². The highest BCUT2D eigenvalue weighted by atomic mass is 32.2. The summed E-state index contributed by atoms with van der Waals surface area (Å²) in [5.41, 5.74) is 0.867. The van der Waals surface area contributed by atoms with Gasteiger partial charge in [0.05, 0.1) is 11.3 Å². The van der Waals surface area contributed by atoms with Gasteiger partial charge in [-0.3, -0.25) is 9.78 Å². The van der Waals surface area contributed by atoms with Crippen LogP contribution < -0.4 is 4.90 Å². The molecule has 0 saturated heterocycles. The van der Waals surface area contributed by atoms with Crippen molar-refractivity contribution in [2.24, 2.45) is 0 Å². The summed E-state index contributed by atoms with van der Waals surface area (Å²) in [6, 6.07) is 9.91. The summed E-state index contributed by atoms with van der Waals surface area (Å²) < 4.78 is 0. The van der Waals surface area contributed by atoms with E-state index in [0.29, 0.717) is 11.4 Å². The number of aromatic nitrogens is 1. The van der Waals surface area contributed by atoms with Crippen molar-refractivity contribution in [3.63, 3.8) is 0 Å². The van der Waals surface area contributed by atoms with E-state index in [4.69, 9.17) is 5.11 Å². The summed E-state index contributed by atoms with van der Waals surface area (Å²) in [5.74, 6) is -0.732. The molecule has 21 heavy (non-hydrogen) atoms. The quantitative estimate of drug-likeness (QED) is 0.859. The van der Waals surface area contributed by atoms with Crippen LogP contribution in [-0.2, 0) is 4.79 Å². The summed E-state index contributed by atoms with van der Waals surface area (Å²) in [7, 11) is 1.67. The number of carbonyl (C=O) groups excluding carboxylic acids is 1. The first kappa shape index (κ1) is 15.1. The van der Waals surface area contributed by atoms with Gasteiger partial charge in [-0.05, 0) is 36.4 Å². The molecular formula is C15H14N2O3S. The zero-order chi connectivity index (χ0) is 15.2. The lowest BCUT2D eigenvalue weighted by atomic mass is 10.2. The number of carboxylic acids is 1. The number of carboxylic acid groups (broad SMARTS) is 1. The third kappa shape index (κ3) is 4.06. The average molecular weight is 302 g/mol. The highest BCUT2D eigenvalue weighted by molar-refractivity contribution is 8.00. The van der Waals surface area contributed by atoms with Crippen LogP contribution in [-0.4, -0.2) is 34.8 Å². The van der Waals surface area contributed by atoms with E-state index in [1.165, 1.54) is 28.8 Å². The molecule has 0 aliphatic rings. The van der Waals surface area contributed by atoms with E-state index in [1.807, 2.05) is 12.1 Å². The minimum Gasteiger partial charge on any atom is -0.478 e. The van der Waals surface area contributed by atoms with Crippen LogP contribution in [0.1, 0.15) is 10.4 Å². The maximum absolute atomic E-state index is 12.1. The first-order valence-corrected chi connectivity index (χ1v) is 7.19. The third-order valence-electron chi connectivity index (χ3n) is 2.89. The predicted octanol–water partition coefficient (Wildman–Crippen LogP) is 2.53. The monoisotopic (exact) mass is 302 g/mol. The van der Waals surface area contributed by atoms with Gasteiger partial charge in [-0.25, -0.2) is 4.79 Å². The lowest BCUT2D eigenvalue weighted by Gasteiger charge is -2.17. The Hall–Kier alpha value is -2.34. The van der Waals surface area contributed by atoms with E-state index in [2.05, 4.69) is 4.98 Å². The van der Waals surface area contributed by atoms with Crippen LogP contribution >= 0.6 is 11.8 Å². The van der Waals surface area contributed by atoms with E-state index in [-0.39, 0.29) is 11.5 Å². The van der Waals surface area contributed by atoms with Crippen molar-refractivity contribution in [2.75, 3.05) is 17.7 Å². The van der Waals surface area contributed by atoms with Gasteiger partial charge in [-0.2, -0.15) is 0 Å². The fraction of sp³-hybridized carbons (Fsp3) is 0.133. The minimum absolute atomic E-state index is 0.0557. The highest BCUT2D eigenvalue weighted by Crippen LogP contribution is 2.19. The summed E-state index contributed by atoms with van der Waals surface area (Å²) in [6.45, 7) is 0. The van der Waals surface area contributed by atoms with Crippen molar-refractivity contribution < 1.29 is 14.7 Å². The van der Waals surface area contributed by atoms with Gasteiger partial charge in [0.25, 0.3) is 0 Å². The van der Waals surface area contributed by atoms with E-state index in [0.717, 1.165) is 4.90 Å². The molecule has 0 unspecified atom stereocenters. The van der Waals surface area contributed by atoms with Crippen LogP contribution in [0.5, 0.6) is 0 Å². The van der Waals surface area contributed by atoms with Crippen molar-refractivity contribution in [1.82, 2.24) is 4.98 Å². The molecule has 108 valence electrons. The van der Waals surface area contributed by atoms with E-state index in [1.54, 1.807) is 31.6 Å². The van der Waals surface area contributed by atoms with Crippen LogP contribution in [0.25, 0.3) is 0 Å². The molecule has 2 rings (SSSR count). The Morgan fingerprint density at radius 3 is 2.33 bits per heavy atom. The number of carbonyl (C=O) groups is 2. The Morgan fingerprint density at radius 2 is 1.76 bits per heavy atom. The maximum atomic E-state index is 12.1. The number of amides is 1. The molecule has 0 aliphatic heterocycles. The van der Waals surface area contributed by atoms with Gasteiger partial charge in [-0.15, -0.1) is 11.8 Å². The number of benzene rings is 1. The highest BCUT2D eigenvalue weighted by Gasteiger charge is 2.12. The molecule has 1 heterocycles. The predicted molar refractivity (Wildman–Crippen MR) is 81.8 cm³/mol. The zero-order valence-electron chi connectivity index (χ0n) is 11.4. The molecule has 2 aromatic rings. The summed E-state index contributed by atoms with van der Waals surface area (Å²) in [4.78, 5) is 29.3. The number of anilines is 1. The molecule has 1 N–H and O–H groups in total. The molecule has 5 nitrogen and oxygen atoms in total. The van der Waals surface area contributed by atoms with Gasteiger partial charge in [0.1, 0.15) is 0 Å². The largest absolute Gasteiger partial charge is 0.478 e. The number of hydrogen-bond acceptors (Lipinski definition) is 4. The van der Waals surface area contributed by atoms with Crippen LogP contribution in [0.3, 0.4) is 0 Å². The maximum Gasteiger partial charge on any atom is 0.335 e. The van der Waals surface area contributed by atoms with E-state index in [9.17, 15) is 9.59 Å². The third-order valence-corrected chi connectivity index (χ3v) is 3.88. The smallest absolute Gasteiger partial charge is 0.335 e. The van der Waals surface area contributed by atoms with Gasteiger partial charge in [0.2, 0.25) is 5.91 Å². The molecule has 1 aromatic heterocycles. The van der Waals surface area contributed by atoms with Crippen LogP contribution in [0, 0.1) is 0 Å². The summed E-state index contributed by atoms with van der Waals surface area (Å²) >= 11 is 1.43. The first-order valence-electron chi connectivity index (χ1n) is 6.20. The topological polar surface area (TPSA) is 70.5 Å². The Bertz CT molecular complexity index is 629. The fourth-order valence-corrected chi connectivity index (χ4v) is 2.45. The zero-order valence-corrected chi connectivity index (χ0v) is 12.2. The molecule has 0 saturated carbocycles. The van der Waals surface area contributed by atoms with Crippen molar-refractivity contribution in [1.29, 1.82) is 0 Å². The Balaban J connectivity index is 1.97. The number of rotatable bonds is 5. The van der Waals surface area contributed by atoms with Gasteiger partial charge >= 0.3 is 5.97 Å². The molecule has 0 atom stereocenters. The van der Waals surface area contributed by atoms with Crippen LogP contribution in [0.4, 0.5) is 5.69 Å². The van der Waals surface area contributed by atoms with Crippen molar-refractivity contribution in [2.45, 2.75) is 4.90 Å². The summed E-state index contributed by atoms with van der Waals surface area (Å²) in [5, 5.41) is 8.84. The van der Waals surface area contributed by atoms with Crippen molar-refractivity contribution in [3.05, 3.63) is 54.4 Å². The molecular weight excluding hydrogens is 288 g/mol. The normalized spacial score (nSPS) is 10.1. The minimum atomic E-state index is -0.983. The number of hydrogen-bond donors (Lipinski definition) is 1. The number of thioether (sulfide) groups is 1. The lowest BCUT2D eigenvalue weighted by Crippen LogP contribution is -2.27. The molecule has 1 aromatic carbocycles. The van der Waals surface area contributed by atoms with Gasteiger partial charge in [-0.1, -0.05) is 0 Å². The van der Waals surface area contributed by atoms with E-state index < -0.39 is 5.97 Å². The lowest BCUT2D eigenvalue weighted by molar-refractivity contribution is -0.115.